The molecule has 1 aromatic carbocycles. The molecule has 1 aliphatic heterocycles. The van der Waals surface area contributed by atoms with Crippen LogP contribution < -0.4 is 15.2 Å². The van der Waals surface area contributed by atoms with E-state index in [9.17, 15) is 18.3 Å². The Morgan fingerprint density at radius 2 is 1.87 bits per heavy atom. The van der Waals surface area contributed by atoms with E-state index in [4.69, 9.17) is 10.5 Å². The highest BCUT2D eigenvalue weighted by atomic mass is 32.2. The van der Waals surface area contributed by atoms with E-state index in [-0.39, 0.29) is 37.6 Å². The van der Waals surface area contributed by atoms with Gasteiger partial charge in [-0.15, -0.1) is 0 Å². The predicted molar refractivity (Wildman–Crippen MR) is 146 cm³/mol. The van der Waals surface area contributed by atoms with Gasteiger partial charge in [-0.05, 0) is 50.2 Å². The highest BCUT2D eigenvalue weighted by Crippen LogP contribution is 2.30. The Hall–Kier alpha value is -2.76. The second-order valence-electron chi connectivity index (χ2n) is 10.6. The second-order valence-corrected chi connectivity index (χ2v) is 12.3. The van der Waals surface area contributed by atoms with Crippen molar-refractivity contribution in [3.63, 3.8) is 0 Å². The average molecular weight is 546 g/mol. The zero-order chi connectivity index (χ0) is 27.3. The first kappa shape index (κ1) is 28.3. The van der Waals surface area contributed by atoms with E-state index in [0.717, 1.165) is 27.4 Å². The first-order valence-corrected chi connectivity index (χ1v) is 14.9. The maximum Gasteiger partial charge on any atom is 0.307 e. The lowest BCUT2D eigenvalue weighted by molar-refractivity contribution is -0.142. The van der Waals surface area contributed by atoms with Crippen molar-refractivity contribution in [3.8, 4) is 17.1 Å². The molecular weight excluding hydrogens is 506 g/mol. The van der Waals surface area contributed by atoms with Gasteiger partial charge in [0.25, 0.3) is 0 Å². The number of aryl methyl sites for hydroxylation is 2. The number of aromatic nitrogens is 2. The van der Waals surface area contributed by atoms with Crippen LogP contribution in [0, 0.1) is 25.7 Å². The van der Waals surface area contributed by atoms with Crippen molar-refractivity contribution < 1.29 is 23.1 Å². The minimum Gasteiger partial charge on any atom is -0.481 e. The van der Waals surface area contributed by atoms with Gasteiger partial charge in [0, 0.05) is 30.8 Å². The smallest absolute Gasteiger partial charge is 0.307 e. The third-order valence-electron chi connectivity index (χ3n) is 7.54. The SMILES string of the molecule is Cc1cccc(C)c1-c1cc(OC[C@H](N)CC2CCCCC2)nc(NS(=O)(=O)N2CCCC(C(=O)O)C2)n1. The van der Waals surface area contributed by atoms with Crippen molar-refractivity contribution in [1.29, 1.82) is 0 Å². The average Bonchev–Trinajstić information content (AvgIpc) is 2.88. The van der Waals surface area contributed by atoms with Crippen molar-refractivity contribution in [2.24, 2.45) is 17.6 Å². The van der Waals surface area contributed by atoms with Crippen LogP contribution in [0.15, 0.2) is 24.3 Å². The molecule has 1 aliphatic carbocycles. The number of aliphatic carboxylic acids is 1. The molecule has 1 aromatic heterocycles. The number of ether oxygens (including phenoxy) is 1. The van der Waals surface area contributed by atoms with Crippen LogP contribution >= 0.6 is 0 Å². The largest absolute Gasteiger partial charge is 0.481 e. The van der Waals surface area contributed by atoms with Gasteiger partial charge in [0.2, 0.25) is 11.8 Å². The third-order valence-corrected chi connectivity index (χ3v) is 8.99. The van der Waals surface area contributed by atoms with Gasteiger partial charge in [-0.25, -0.2) is 9.71 Å². The number of nitrogens with two attached hydrogens (primary N) is 1. The van der Waals surface area contributed by atoms with E-state index in [1.54, 1.807) is 6.07 Å². The molecule has 2 aromatic rings. The summed E-state index contributed by atoms with van der Waals surface area (Å²) in [6.07, 6.45) is 7.97. The third kappa shape index (κ3) is 7.21. The molecule has 0 spiro atoms. The van der Waals surface area contributed by atoms with Gasteiger partial charge in [-0.3, -0.25) is 4.79 Å². The Balaban J connectivity index is 1.57. The number of piperidine rings is 1. The highest BCUT2D eigenvalue weighted by Gasteiger charge is 2.33. The molecule has 11 heteroatoms. The summed E-state index contributed by atoms with van der Waals surface area (Å²) in [5, 5.41) is 9.38. The Morgan fingerprint density at radius 3 is 2.55 bits per heavy atom. The summed E-state index contributed by atoms with van der Waals surface area (Å²) in [4.78, 5) is 20.3. The van der Waals surface area contributed by atoms with Gasteiger partial charge in [0.05, 0.1) is 11.6 Å². The fourth-order valence-corrected chi connectivity index (χ4v) is 6.74. The maximum absolute atomic E-state index is 13.2. The van der Waals surface area contributed by atoms with Gasteiger partial charge < -0.3 is 15.6 Å². The number of carboxylic acids is 1. The van der Waals surface area contributed by atoms with Crippen molar-refractivity contribution in [3.05, 3.63) is 35.4 Å². The molecule has 0 bridgehead atoms. The van der Waals surface area contributed by atoms with E-state index < -0.39 is 22.1 Å². The number of rotatable bonds is 10. The van der Waals surface area contributed by atoms with Crippen LogP contribution in [0.1, 0.15) is 62.5 Å². The lowest BCUT2D eigenvalue weighted by atomic mass is 9.85. The fourth-order valence-electron chi connectivity index (χ4n) is 5.54. The maximum atomic E-state index is 13.2. The zero-order valence-corrected chi connectivity index (χ0v) is 23.0. The number of nitrogens with zero attached hydrogens (tertiary/aromatic N) is 3. The Labute approximate surface area is 225 Å². The van der Waals surface area contributed by atoms with Crippen molar-refractivity contribution in [2.45, 2.75) is 71.3 Å². The van der Waals surface area contributed by atoms with E-state index in [2.05, 4.69) is 14.7 Å². The van der Waals surface area contributed by atoms with Gasteiger partial charge in [0.1, 0.15) is 6.61 Å². The summed E-state index contributed by atoms with van der Waals surface area (Å²) in [5.41, 5.74) is 9.76. The fraction of sp³-hybridized carbons (Fsp3) is 0.593. The zero-order valence-electron chi connectivity index (χ0n) is 22.2. The molecule has 4 N–H and O–H groups in total. The summed E-state index contributed by atoms with van der Waals surface area (Å²) >= 11 is 0. The molecule has 2 heterocycles. The first-order valence-electron chi connectivity index (χ1n) is 13.5. The molecule has 0 amide bonds. The molecule has 208 valence electrons. The van der Waals surface area contributed by atoms with Crippen LogP contribution in [0.4, 0.5) is 5.95 Å². The molecule has 1 saturated heterocycles. The number of nitrogens with one attached hydrogen (secondary N) is 1. The van der Waals surface area contributed by atoms with E-state index in [1.165, 1.54) is 32.1 Å². The molecular formula is C27H39N5O5S. The van der Waals surface area contributed by atoms with Gasteiger partial charge >= 0.3 is 16.2 Å². The summed E-state index contributed by atoms with van der Waals surface area (Å²) in [6, 6.07) is 7.44. The molecule has 2 aliphatic rings. The summed E-state index contributed by atoms with van der Waals surface area (Å²) < 4.78 is 36.0. The summed E-state index contributed by atoms with van der Waals surface area (Å²) in [6.45, 7) is 4.33. The predicted octanol–water partition coefficient (Wildman–Crippen LogP) is 3.89. The molecule has 2 fully saturated rings. The molecule has 0 radical (unpaired) electrons. The topological polar surface area (TPSA) is 148 Å². The first-order chi connectivity index (χ1) is 18.1. The van der Waals surface area contributed by atoms with Crippen LogP contribution in [-0.4, -0.2) is 59.5 Å². The van der Waals surface area contributed by atoms with Gasteiger partial charge in [-0.2, -0.15) is 17.7 Å². The summed E-state index contributed by atoms with van der Waals surface area (Å²) in [5.74, 6) is -1.03. The van der Waals surface area contributed by atoms with Crippen LogP contribution in [0.5, 0.6) is 5.88 Å². The van der Waals surface area contributed by atoms with Crippen molar-refractivity contribution in [2.75, 3.05) is 24.4 Å². The van der Waals surface area contributed by atoms with Crippen LogP contribution in [-0.2, 0) is 15.0 Å². The number of anilines is 1. The Morgan fingerprint density at radius 1 is 1.16 bits per heavy atom. The van der Waals surface area contributed by atoms with Crippen molar-refractivity contribution in [1.82, 2.24) is 14.3 Å². The van der Waals surface area contributed by atoms with Gasteiger partial charge in [0.15, 0.2) is 0 Å². The molecule has 1 unspecified atom stereocenters. The van der Waals surface area contributed by atoms with E-state index in [1.807, 2.05) is 32.0 Å². The number of hydrogen-bond donors (Lipinski definition) is 3. The number of hydrogen-bond acceptors (Lipinski definition) is 7. The molecule has 38 heavy (non-hydrogen) atoms. The second kappa shape index (κ2) is 12.4. The highest BCUT2D eigenvalue weighted by molar-refractivity contribution is 7.90. The Kier molecular flexibility index (Phi) is 9.22. The van der Waals surface area contributed by atoms with Crippen molar-refractivity contribution >= 4 is 22.1 Å². The normalized spacial score (nSPS) is 20.1. The number of carbonyl (C=O) groups is 1. The van der Waals surface area contributed by atoms with Crippen LogP contribution in [0.2, 0.25) is 0 Å². The monoisotopic (exact) mass is 545 g/mol. The quantitative estimate of drug-likeness (QED) is 0.407. The Bertz CT molecular complexity index is 1210. The lowest BCUT2D eigenvalue weighted by Crippen LogP contribution is -2.44. The molecule has 2 atom stereocenters. The number of carboxylic acid groups (broad SMARTS) is 1. The minimum atomic E-state index is -4.07. The number of benzene rings is 1. The minimum absolute atomic E-state index is 0.0966. The molecule has 1 saturated carbocycles. The van der Waals surface area contributed by atoms with Crippen LogP contribution in [0.3, 0.4) is 0 Å². The van der Waals surface area contributed by atoms with E-state index in [0.29, 0.717) is 24.5 Å². The molecule has 10 nitrogen and oxygen atoms in total. The lowest BCUT2D eigenvalue weighted by Gasteiger charge is -2.29. The summed E-state index contributed by atoms with van der Waals surface area (Å²) in [7, 11) is -4.07. The van der Waals surface area contributed by atoms with Crippen LogP contribution in [0.25, 0.3) is 11.3 Å². The standard InChI is InChI=1S/C27H39N5O5S/c1-18-8-6-9-19(2)25(18)23-15-24(37-17-22(28)14-20-10-4-3-5-11-20)30-27(29-23)31-38(35,36)32-13-7-12-21(16-32)26(33)34/h6,8-9,15,20-22H,3-5,7,10-14,16-17,28H2,1-2H3,(H,33,34)(H,29,30,31)/t21?,22-/m1/s1. The van der Waals surface area contributed by atoms with Gasteiger partial charge in [-0.1, -0.05) is 50.3 Å². The molecule has 4 rings (SSSR count). The van der Waals surface area contributed by atoms with E-state index >= 15 is 0 Å².